The van der Waals surface area contributed by atoms with Gasteiger partial charge in [-0.2, -0.15) is 0 Å². The minimum absolute atomic E-state index is 0.210. The third-order valence-corrected chi connectivity index (χ3v) is 3.68. The average molecular weight is 312 g/mol. The summed E-state index contributed by atoms with van der Waals surface area (Å²) in [4.78, 5) is 24.4. The summed E-state index contributed by atoms with van der Waals surface area (Å²) < 4.78 is 4.91. The first kappa shape index (κ1) is 16.7. The van der Waals surface area contributed by atoms with Crippen molar-refractivity contribution in [2.45, 2.75) is 27.2 Å². The molecule has 2 rings (SSSR count). The van der Waals surface area contributed by atoms with Gasteiger partial charge in [0, 0.05) is 5.56 Å². The molecule has 0 atom stereocenters. The lowest BCUT2D eigenvalue weighted by Gasteiger charge is -2.11. The number of carbonyl (C=O) groups excluding carboxylic acids is 2. The second-order valence-electron chi connectivity index (χ2n) is 5.29. The van der Waals surface area contributed by atoms with Gasteiger partial charge in [-0.05, 0) is 43.5 Å². The highest BCUT2D eigenvalue weighted by atomic mass is 16.5. The van der Waals surface area contributed by atoms with Gasteiger partial charge in [0.1, 0.15) is 5.75 Å². The molecule has 2 aromatic carbocycles. The zero-order valence-electron chi connectivity index (χ0n) is 13.6. The van der Waals surface area contributed by atoms with Crippen LogP contribution >= 0.6 is 0 Å². The number of ketones is 1. The van der Waals surface area contributed by atoms with E-state index < -0.39 is 5.97 Å². The first-order valence-corrected chi connectivity index (χ1v) is 7.62. The number of carbonyl (C=O) groups is 2. The fourth-order valence-electron chi connectivity index (χ4n) is 2.43. The van der Waals surface area contributed by atoms with Crippen LogP contribution < -0.4 is 0 Å². The molecule has 4 nitrogen and oxygen atoms in total. The Kier molecular flexibility index (Phi) is 5.16. The molecule has 0 spiro atoms. The van der Waals surface area contributed by atoms with Gasteiger partial charge in [0.2, 0.25) is 0 Å². The van der Waals surface area contributed by atoms with Crippen LogP contribution in [0.5, 0.6) is 5.75 Å². The van der Waals surface area contributed by atoms with E-state index in [9.17, 15) is 14.7 Å². The van der Waals surface area contributed by atoms with E-state index in [-0.39, 0.29) is 29.3 Å². The monoisotopic (exact) mass is 312 g/mol. The second kappa shape index (κ2) is 7.09. The maximum atomic E-state index is 12.6. The molecule has 0 aliphatic heterocycles. The molecule has 120 valence electrons. The number of rotatable bonds is 5. The molecule has 4 heteroatoms. The van der Waals surface area contributed by atoms with E-state index in [1.807, 2.05) is 19.1 Å². The van der Waals surface area contributed by atoms with E-state index in [0.29, 0.717) is 11.1 Å². The molecule has 0 aliphatic carbocycles. The van der Waals surface area contributed by atoms with E-state index in [4.69, 9.17) is 4.74 Å². The number of phenols is 1. The standard InChI is InChI=1S/C19H20O4/c1-4-13-6-8-14(9-7-13)18(21)17-12(3)10-15(11-16(17)20)19(22)23-5-2/h6-11,20H,4-5H2,1-3H3. The molecular formula is C19H20O4. The number of benzene rings is 2. The number of ether oxygens (including phenoxy) is 1. The highest BCUT2D eigenvalue weighted by Crippen LogP contribution is 2.26. The average Bonchev–Trinajstić information content (AvgIpc) is 2.54. The van der Waals surface area contributed by atoms with Crippen LogP contribution in [0.2, 0.25) is 0 Å². The number of aromatic hydroxyl groups is 1. The van der Waals surface area contributed by atoms with E-state index >= 15 is 0 Å². The zero-order valence-corrected chi connectivity index (χ0v) is 13.6. The number of hydrogen-bond acceptors (Lipinski definition) is 4. The van der Waals surface area contributed by atoms with Crippen LogP contribution in [0, 0.1) is 6.92 Å². The molecule has 0 saturated carbocycles. The Morgan fingerprint density at radius 2 is 1.70 bits per heavy atom. The Labute approximate surface area is 135 Å². The van der Waals surface area contributed by atoms with Crippen molar-refractivity contribution in [2.75, 3.05) is 6.61 Å². The van der Waals surface area contributed by atoms with Crippen LogP contribution in [0.25, 0.3) is 0 Å². The molecule has 0 aromatic heterocycles. The lowest BCUT2D eigenvalue weighted by atomic mass is 9.95. The summed E-state index contributed by atoms with van der Waals surface area (Å²) in [5.41, 5.74) is 2.63. The normalized spacial score (nSPS) is 10.4. The van der Waals surface area contributed by atoms with Crippen molar-refractivity contribution in [3.63, 3.8) is 0 Å². The summed E-state index contributed by atoms with van der Waals surface area (Å²) in [5, 5.41) is 10.2. The van der Waals surface area contributed by atoms with Crippen LogP contribution in [-0.2, 0) is 11.2 Å². The summed E-state index contributed by atoms with van der Waals surface area (Å²) in [6.07, 6.45) is 0.896. The van der Waals surface area contributed by atoms with Crippen LogP contribution in [0.3, 0.4) is 0 Å². The van der Waals surface area contributed by atoms with Crippen molar-refractivity contribution in [1.82, 2.24) is 0 Å². The van der Waals surface area contributed by atoms with Gasteiger partial charge in [0.15, 0.2) is 5.78 Å². The molecule has 0 radical (unpaired) electrons. The number of aryl methyl sites for hydroxylation is 2. The molecule has 0 amide bonds. The lowest BCUT2D eigenvalue weighted by molar-refractivity contribution is 0.0525. The quantitative estimate of drug-likeness (QED) is 0.676. The first-order chi connectivity index (χ1) is 11.0. The van der Waals surface area contributed by atoms with Gasteiger partial charge in [-0.25, -0.2) is 4.79 Å². The fourth-order valence-corrected chi connectivity index (χ4v) is 2.43. The Morgan fingerprint density at radius 1 is 1.04 bits per heavy atom. The molecule has 0 fully saturated rings. The summed E-state index contributed by atoms with van der Waals surface area (Å²) in [7, 11) is 0. The number of hydrogen-bond donors (Lipinski definition) is 1. The van der Waals surface area contributed by atoms with Gasteiger partial charge in [0.25, 0.3) is 0 Å². The van der Waals surface area contributed by atoms with Crippen LogP contribution in [0.15, 0.2) is 36.4 Å². The summed E-state index contributed by atoms with van der Waals surface area (Å²) >= 11 is 0. The first-order valence-electron chi connectivity index (χ1n) is 7.62. The molecule has 23 heavy (non-hydrogen) atoms. The van der Waals surface area contributed by atoms with E-state index in [0.717, 1.165) is 12.0 Å². The van der Waals surface area contributed by atoms with Crippen molar-refractivity contribution in [3.8, 4) is 5.75 Å². The van der Waals surface area contributed by atoms with Gasteiger partial charge in [-0.3, -0.25) is 4.79 Å². The summed E-state index contributed by atoms with van der Waals surface area (Å²) in [6.45, 7) is 5.70. The van der Waals surface area contributed by atoms with Crippen molar-refractivity contribution >= 4 is 11.8 Å². The van der Waals surface area contributed by atoms with Crippen molar-refractivity contribution in [2.24, 2.45) is 0 Å². The summed E-state index contributed by atoms with van der Waals surface area (Å²) in [6, 6.07) is 10.1. The zero-order chi connectivity index (χ0) is 17.0. The predicted molar refractivity (Wildman–Crippen MR) is 88.1 cm³/mol. The smallest absolute Gasteiger partial charge is 0.338 e. The second-order valence-corrected chi connectivity index (χ2v) is 5.29. The van der Waals surface area contributed by atoms with Gasteiger partial charge in [-0.1, -0.05) is 31.2 Å². The molecule has 2 aromatic rings. The molecule has 0 aliphatic rings. The fraction of sp³-hybridized carbons (Fsp3) is 0.263. The van der Waals surface area contributed by atoms with Gasteiger partial charge >= 0.3 is 5.97 Å². The Bertz CT molecular complexity index is 707. The van der Waals surface area contributed by atoms with Crippen molar-refractivity contribution < 1.29 is 19.4 Å². The molecule has 1 N–H and O–H groups in total. The van der Waals surface area contributed by atoms with Crippen LogP contribution in [0.1, 0.15) is 51.3 Å². The van der Waals surface area contributed by atoms with Gasteiger partial charge in [0.05, 0.1) is 17.7 Å². The van der Waals surface area contributed by atoms with E-state index in [2.05, 4.69) is 0 Å². The molecular weight excluding hydrogens is 292 g/mol. The molecule has 0 heterocycles. The highest BCUT2D eigenvalue weighted by molar-refractivity contribution is 6.12. The Balaban J connectivity index is 2.38. The Hall–Kier alpha value is -2.62. The largest absolute Gasteiger partial charge is 0.507 e. The molecule has 0 saturated heterocycles. The third kappa shape index (κ3) is 3.59. The minimum Gasteiger partial charge on any atom is -0.507 e. The minimum atomic E-state index is -0.516. The summed E-state index contributed by atoms with van der Waals surface area (Å²) in [5.74, 6) is -0.993. The van der Waals surface area contributed by atoms with Crippen molar-refractivity contribution in [3.05, 3.63) is 64.2 Å². The predicted octanol–water partition coefficient (Wildman–Crippen LogP) is 3.67. The number of esters is 1. The highest BCUT2D eigenvalue weighted by Gasteiger charge is 2.19. The maximum Gasteiger partial charge on any atom is 0.338 e. The Morgan fingerprint density at radius 3 is 2.22 bits per heavy atom. The topological polar surface area (TPSA) is 63.6 Å². The SMILES string of the molecule is CCOC(=O)c1cc(C)c(C(=O)c2ccc(CC)cc2)c(O)c1. The maximum absolute atomic E-state index is 12.6. The third-order valence-electron chi connectivity index (χ3n) is 3.68. The van der Waals surface area contributed by atoms with Crippen LogP contribution in [-0.4, -0.2) is 23.5 Å². The number of phenolic OH excluding ortho intramolecular Hbond substituents is 1. The van der Waals surface area contributed by atoms with Gasteiger partial charge in [-0.15, -0.1) is 0 Å². The molecule has 0 bridgehead atoms. The molecule has 0 unspecified atom stereocenters. The lowest BCUT2D eigenvalue weighted by Crippen LogP contribution is -2.09. The van der Waals surface area contributed by atoms with E-state index in [1.165, 1.54) is 6.07 Å². The van der Waals surface area contributed by atoms with Crippen molar-refractivity contribution in [1.29, 1.82) is 0 Å². The van der Waals surface area contributed by atoms with E-state index in [1.54, 1.807) is 32.0 Å². The van der Waals surface area contributed by atoms with Crippen LogP contribution in [0.4, 0.5) is 0 Å². The van der Waals surface area contributed by atoms with Gasteiger partial charge < -0.3 is 9.84 Å².